The second-order valence-corrected chi connectivity index (χ2v) is 5.28. The van der Waals surface area contributed by atoms with Gasteiger partial charge in [-0.3, -0.25) is 9.59 Å². The van der Waals surface area contributed by atoms with E-state index >= 15 is 0 Å². The molecule has 2 N–H and O–H groups in total. The molecule has 1 amide bonds. The number of rotatable bonds is 6. The first-order valence-corrected chi connectivity index (χ1v) is 5.72. The molecule has 0 aliphatic heterocycles. The highest BCUT2D eigenvalue weighted by atomic mass is 16.4. The fraction of sp³-hybridized carbons (Fsp3) is 0.833. The lowest BCUT2D eigenvalue weighted by atomic mass is 9.92. The van der Waals surface area contributed by atoms with E-state index in [1.165, 1.54) is 13.8 Å². The van der Waals surface area contributed by atoms with E-state index in [2.05, 4.69) is 19.2 Å². The van der Waals surface area contributed by atoms with Crippen LogP contribution in [0.25, 0.3) is 0 Å². The molecule has 1 atom stereocenters. The largest absolute Gasteiger partial charge is 0.480 e. The summed E-state index contributed by atoms with van der Waals surface area (Å²) in [5, 5.41) is 11.6. The van der Waals surface area contributed by atoms with Gasteiger partial charge in [-0.05, 0) is 39.5 Å². The van der Waals surface area contributed by atoms with Crippen LogP contribution in [-0.4, -0.2) is 23.0 Å². The molecule has 4 heteroatoms. The SMILES string of the molecule is CC(C)CCC(C)NC(=O)C(C)(C)C(=O)O. The standard InChI is InChI=1S/C12H23NO3/c1-8(2)6-7-9(3)13-10(14)12(4,5)11(15)16/h8-9H,6-7H2,1-5H3,(H,13,14)(H,15,16). The normalized spacial score (nSPS) is 13.6. The van der Waals surface area contributed by atoms with E-state index in [1.807, 2.05) is 6.92 Å². The minimum atomic E-state index is -1.36. The number of carboxylic acids is 1. The number of aliphatic carboxylic acids is 1. The van der Waals surface area contributed by atoms with Gasteiger partial charge in [-0.2, -0.15) is 0 Å². The van der Waals surface area contributed by atoms with Crippen molar-refractivity contribution < 1.29 is 14.7 Å². The monoisotopic (exact) mass is 229 g/mol. The van der Waals surface area contributed by atoms with Crippen LogP contribution in [0.2, 0.25) is 0 Å². The fourth-order valence-electron chi connectivity index (χ4n) is 1.16. The first-order chi connectivity index (χ1) is 7.17. The van der Waals surface area contributed by atoms with Crippen LogP contribution in [-0.2, 0) is 9.59 Å². The predicted molar refractivity (Wildman–Crippen MR) is 63.1 cm³/mol. The van der Waals surface area contributed by atoms with Crippen molar-refractivity contribution in [1.82, 2.24) is 5.32 Å². The van der Waals surface area contributed by atoms with Crippen LogP contribution in [0.4, 0.5) is 0 Å². The molecule has 0 bridgehead atoms. The fourth-order valence-corrected chi connectivity index (χ4v) is 1.16. The zero-order valence-corrected chi connectivity index (χ0v) is 10.8. The average Bonchev–Trinajstić information content (AvgIpc) is 2.14. The Labute approximate surface area is 97.4 Å². The van der Waals surface area contributed by atoms with Crippen molar-refractivity contribution in [2.75, 3.05) is 0 Å². The summed E-state index contributed by atoms with van der Waals surface area (Å²) in [5.41, 5.74) is -1.36. The van der Waals surface area contributed by atoms with Gasteiger partial charge in [-0.1, -0.05) is 13.8 Å². The molecule has 0 saturated heterocycles. The van der Waals surface area contributed by atoms with Crippen LogP contribution in [0.5, 0.6) is 0 Å². The zero-order valence-electron chi connectivity index (χ0n) is 10.8. The highest BCUT2D eigenvalue weighted by Crippen LogP contribution is 2.16. The summed E-state index contributed by atoms with van der Waals surface area (Å²) in [6.07, 6.45) is 1.90. The molecule has 0 radical (unpaired) electrons. The predicted octanol–water partition coefficient (Wildman–Crippen LogP) is 2.04. The second-order valence-electron chi connectivity index (χ2n) is 5.28. The van der Waals surface area contributed by atoms with Crippen molar-refractivity contribution >= 4 is 11.9 Å². The molecule has 0 aromatic rings. The number of carboxylic acid groups (broad SMARTS) is 1. The molecule has 0 spiro atoms. The molecule has 0 fully saturated rings. The molecule has 0 saturated carbocycles. The van der Waals surface area contributed by atoms with E-state index in [-0.39, 0.29) is 6.04 Å². The van der Waals surface area contributed by atoms with Gasteiger partial charge < -0.3 is 10.4 Å². The van der Waals surface area contributed by atoms with Crippen molar-refractivity contribution in [2.45, 2.75) is 53.5 Å². The maximum Gasteiger partial charge on any atom is 0.318 e. The Morgan fingerprint density at radius 2 is 1.69 bits per heavy atom. The third-order valence-electron chi connectivity index (χ3n) is 2.66. The van der Waals surface area contributed by atoms with Crippen LogP contribution in [0, 0.1) is 11.3 Å². The van der Waals surface area contributed by atoms with Crippen LogP contribution < -0.4 is 5.32 Å². The first kappa shape index (κ1) is 14.9. The van der Waals surface area contributed by atoms with Crippen molar-refractivity contribution in [2.24, 2.45) is 11.3 Å². The van der Waals surface area contributed by atoms with Gasteiger partial charge in [0.25, 0.3) is 0 Å². The maximum atomic E-state index is 11.7. The summed E-state index contributed by atoms with van der Waals surface area (Å²) >= 11 is 0. The quantitative estimate of drug-likeness (QED) is 0.685. The molecule has 4 nitrogen and oxygen atoms in total. The third kappa shape index (κ3) is 4.64. The van der Waals surface area contributed by atoms with E-state index in [0.29, 0.717) is 5.92 Å². The van der Waals surface area contributed by atoms with Gasteiger partial charge in [0.1, 0.15) is 5.41 Å². The number of hydrogen-bond acceptors (Lipinski definition) is 2. The number of carbonyl (C=O) groups is 2. The average molecular weight is 229 g/mol. The second kappa shape index (κ2) is 5.87. The Morgan fingerprint density at radius 1 is 1.19 bits per heavy atom. The van der Waals surface area contributed by atoms with Crippen molar-refractivity contribution in [3.8, 4) is 0 Å². The first-order valence-electron chi connectivity index (χ1n) is 5.72. The van der Waals surface area contributed by atoms with Gasteiger partial charge in [0.05, 0.1) is 0 Å². The molecule has 16 heavy (non-hydrogen) atoms. The summed E-state index contributed by atoms with van der Waals surface area (Å²) in [5.74, 6) is -0.927. The molecule has 0 aromatic heterocycles. The van der Waals surface area contributed by atoms with E-state index in [0.717, 1.165) is 12.8 Å². The van der Waals surface area contributed by atoms with Crippen molar-refractivity contribution in [1.29, 1.82) is 0 Å². The van der Waals surface area contributed by atoms with Crippen LogP contribution >= 0.6 is 0 Å². The highest BCUT2D eigenvalue weighted by molar-refractivity contribution is 6.01. The molecule has 0 aliphatic carbocycles. The molecular formula is C12H23NO3. The van der Waals surface area contributed by atoms with E-state index in [1.54, 1.807) is 0 Å². The summed E-state index contributed by atoms with van der Waals surface area (Å²) in [7, 11) is 0. The number of nitrogens with one attached hydrogen (secondary N) is 1. The van der Waals surface area contributed by atoms with Crippen LogP contribution in [0.15, 0.2) is 0 Å². The van der Waals surface area contributed by atoms with Gasteiger partial charge in [-0.25, -0.2) is 0 Å². The number of carbonyl (C=O) groups excluding carboxylic acids is 1. The molecule has 0 rings (SSSR count). The van der Waals surface area contributed by atoms with Crippen molar-refractivity contribution in [3.05, 3.63) is 0 Å². The lowest BCUT2D eigenvalue weighted by Gasteiger charge is -2.22. The van der Waals surface area contributed by atoms with Crippen molar-refractivity contribution in [3.63, 3.8) is 0 Å². The van der Waals surface area contributed by atoms with Crippen LogP contribution in [0.1, 0.15) is 47.5 Å². The summed E-state index contributed by atoms with van der Waals surface area (Å²) in [4.78, 5) is 22.5. The Balaban J connectivity index is 4.19. The number of amides is 1. The van der Waals surface area contributed by atoms with Gasteiger partial charge >= 0.3 is 5.97 Å². The molecule has 0 aliphatic rings. The van der Waals surface area contributed by atoms with Gasteiger partial charge in [0.2, 0.25) is 5.91 Å². The minimum Gasteiger partial charge on any atom is -0.480 e. The van der Waals surface area contributed by atoms with E-state index < -0.39 is 17.3 Å². The Bertz CT molecular complexity index is 259. The lowest BCUT2D eigenvalue weighted by molar-refractivity contribution is -0.153. The molecule has 0 aromatic carbocycles. The topological polar surface area (TPSA) is 66.4 Å². The smallest absolute Gasteiger partial charge is 0.318 e. The summed E-state index contributed by atoms with van der Waals surface area (Å²) in [6.45, 7) is 8.98. The van der Waals surface area contributed by atoms with E-state index in [4.69, 9.17) is 5.11 Å². The van der Waals surface area contributed by atoms with Gasteiger partial charge in [0, 0.05) is 6.04 Å². The Hall–Kier alpha value is -1.06. The zero-order chi connectivity index (χ0) is 12.9. The lowest BCUT2D eigenvalue weighted by Crippen LogP contribution is -2.45. The number of hydrogen-bond donors (Lipinski definition) is 2. The Morgan fingerprint density at radius 3 is 2.06 bits per heavy atom. The third-order valence-corrected chi connectivity index (χ3v) is 2.66. The molecule has 1 unspecified atom stereocenters. The summed E-state index contributed by atoms with van der Waals surface area (Å²) < 4.78 is 0. The van der Waals surface area contributed by atoms with Gasteiger partial charge in [-0.15, -0.1) is 0 Å². The molecule has 0 heterocycles. The van der Waals surface area contributed by atoms with E-state index in [9.17, 15) is 9.59 Å². The molecule has 94 valence electrons. The molecular weight excluding hydrogens is 206 g/mol. The maximum absolute atomic E-state index is 11.7. The highest BCUT2D eigenvalue weighted by Gasteiger charge is 2.36. The Kier molecular flexibility index (Phi) is 5.48. The minimum absolute atomic E-state index is 0.0218. The van der Waals surface area contributed by atoms with Gasteiger partial charge in [0.15, 0.2) is 0 Å². The summed E-state index contributed by atoms with van der Waals surface area (Å²) in [6, 6.07) is 0.0218. The van der Waals surface area contributed by atoms with Crippen LogP contribution in [0.3, 0.4) is 0 Å².